The summed E-state index contributed by atoms with van der Waals surface area (Å²) in [6.07, 6.45) is 3.13. The van der Waals surface area contributed by atoms with Crippen molar-refractivity contribution in [3.63, 3.8) is 0 Å². The molecule has 0 radical (unpaired) electrons. The normalized spacial score (nSPS) is 14.1. The number of nitrogens with one attached hydrogen (secondary N) is 2. The first kappa shape index (κ1) is 31.3. The number of hydrogen-bond donors (Lipinski definition) is 3. The molecule has 9 nitrogen and oxygen atoms in total. The number of rotatable bonds is 15. The van der Waals surface area contributed by atoms with Gasteiger partial charge in [0.1, 0.15) is 17.6 Å². The molecule has 2 aromatic rings. The number of hydrogen-bond acceptors (Lipinski definition) is 7. The SMILES string of the molecule is CC(C)(C)OCCN(CCCCc1ccc2c(n1)NCCC2)CC[C@H](NC(=O)c1cccnc1C(F)F)C(=O)O. The molecule has 1 aliphatic rings. The lowest BCUT2D eigenvalue weighted by Crippen LogP contribution is -2.44. The average Bonchev–Trinajstić information content (AvgIpc) is 2.91. The molecule has 0 unspecified atom stereocenters. The lowest BCUT2D eigenvalue weighted by molar-refractivity contribution is -0.139. The Kier molecular flexibility index (Phi) is 11.8. The van der Waals surface area contributed by atoms with Gasteiger partial charge in [0.05, 0.1) is 17.8 Å². The van der Waals surface area contributed by atoms with Gasteiger partial charge in [-0.2, -0.15) is 0 Å². The summed E-state index contributed by atoms with van der Waals surface area (Å²) in [5, 5.41) is 15.5. The predicted octanol–water partition coefficient (Wildman–Crippen LogP) is 4.49. The lowest BCUT2D eigenvalue weighted by Gasteiger charge is -2.27. The van der Waals surface area contributed by atoms with E-state index >= 15 is 0 Å². The molecule has 1 atom stereocenters. The van der Waals surface area contributed by atoms with Crippen LogP contribution in [0.5, 0.6) is 0 Å². The van der Waals surface area contributed by atoms with E-state index in [1.807, 2.05) is 20.8 Å². The zero-order valence-electron chi connectivity index (χ0n) is 23.6. The van der Waals surface area contributed by atoms with Crippen LogP contribution in [0.4, 0.5) is 14.6 Å². The maximum Gasteiger partial charge on any atom is 0.326 e. The predicted molar refractivity (Wildman–Crippen MR) is 149 cm³/mol. The third kappa shape index (κ3) is 10.1. The van der Waals surface area contributed by atoms with Gasteiger partial charge < -0.3 is 25.4 Å². The van der Waals surface area contributed by atoms with Crippen LogP contribution in [0.15, 0.2) is 30.5 Å². The zero-order valence-corrected chi connectivity index (χ0v) is 23.6. The molecule has 3 rings (SSSR count). The van der Waals surface area contributed by atoms with E-state index in [1.54, 1.807) is 0 Å². The van der Waals surface area contributed by atoms with Crippen LogP contribution < -0.4 is 10.6 Å². The van der Waals surface area contributed by atoms with Crippen molar-refractivity contribution in [3.8, 4) is 0 Å². The number of fused-ring (bicyclic) bond motifs is 1. The van der Waals surface area contributed by atoms with Crippen molar-refractivity contribution in [1.29, 1.82) is 0 Å². The fourth-order valence-corrected chi connectivity index (χ4v) is 4.55. The van der Waals surface area contributed by atoms with E-state index in [9.17, 15) is 23.5 Å². The van der Waals surface area contributed by atoms with Crippen LogP contribution in [0.2, 0.25) is 0 Å². The number of amides is 1. The van der Waals surface area contributed by atoms with E-state index in [4.69, 9.17) is 9.72 Å². The van der Waals surface area contributed by atoms with Crippen LogP contribution in [-0.4, -0.2) is 76.3 Å². The highest BCUT2D eigenvalue weighted by Gasteiger charge is 2.25. The van der Waals surface area contributed by atoms with Crippen LogP contribution in [-0.2, 0) is 22.4 Å². The molecule has 3 N–H and O–H groups in total. The quantitative estimate of drug-likeness (QED) is 0.273. The van der Waals surface area contributed by atoms with Gasteiger partial charge in [0.2, 0.25) is 0 Å². The minimum Gasteiger partial charge on any atom is -0.480 e. The lowest BCUT2D eigenvalue weighted by atomic mass is 10.1. The highest BCUT2D eigenvalue weighted by atomic mass is 19.3. The minimum atomic E-state index is -2.95. The van der Waals surface area contributed by atoms with Crippen LogP contribution >= 0.6 is 0 Å². The van der Waals surface area contributed by atoms with Crippen LogP contribution in [0, 0.1) is 0 Å². The second-order valence-electron chi connectivity index (χ2n) is 11.0. The molecule has 0 aliphatic carbocycles. The van der Waals surface area contributed by atoms with Gasteiger partial charge in [-0.1, -0.05) is 6.07 Å². The van der Waals surface area contributed by atoms with Gasteiger partial charge >= 0.3 is 5.97 Å². The maximum atomic E-state index is 13.3. The molecule has 1 amide bonds. The molecular weight excluding hydrogens is 520 g/mol. The number of carboxylic acids is 1. The molecule has 11 heteroatoms. The number of carbonyl (C=O) groups excluding carboxylic acids is 1. The van der Waals surface area contributed by atoms with Crippen molar-refractivity contribution in [2.45, 2.75) is 77.4 Å². The van der Waals surface area contributed by atoms with Crippen molar-refractivity contribution < 1.29 is 28.2 Å². The number of anilines is 1. The highest BCUT2D eigenvalue weighted by Crippen LogP contribution is 2.21. The Bertz CT molecular complexity index is 1130. The molecular formula is C29H41F2N5O4. The smallest absolute Gasteiger partial charge is 0.326 e. The summed E-state index contributed by atoms with van der Waals surface area (Å²) >= 11 is 0. The number of ether oxygens (including phenoxy) is 1. The number of carboxylic acid groups (broad SMARTS) is 1. The van der Waals surface area contributed by atoms with Crippen LogP contribution in [0.3, 0.4) is 0 Å². The second kappa shape index (κ2) is 15.0. The Morgan fingerprint density at radius 2 is 1.98 bits per heavy atom. The van der Waals surface area contributed by atoms with E-state index in [0.717, 1.165) is 56.7 Å². The number of unbranched alkanes of at least 4 members (excludes halogenated alkanes) is 1. The summed E-state index contributed by atoms with van der Waals surface area (Å²) in [4.78, 5) is 35.0. The Morgan fingerprint density at radius 1 is 1.18 bits per heavy atom. The molecule has 0 saturated carbocycles. The average molecular weight is 562 g/mol. The van der Waals surface area contributed by atoms with Crippen molar-refractivity contribution in [3.05, 3.63) is 53.0 Å². The van der Waals surface area contributed by atoms with Gasteiger partial charge in [0, 0.05) is 31.5 Å². The Morgan fingerprint density at radius 3 is 2.70 bits per heavy atom. The molecule has 0 saturated heterocycles. The topological polar surface area (TPSA) is 117 Å². The summed E-state index contributed by atoms with van der Waals surface area (Å²) in [7, 11) is 0. The molecule has 0 fully saturated rings. The van der Waals surface area contributed by atoms with Gasteiger partial charge in [0.15, 0.2) is 0 Å². The molecule has 0 bridgehead atoms. The first-order chi connectivity index (χ1) is 19.0. The van der Waals surface area contributed by atoms with Crippen LogP contribution in [0.25, 0.3) is 0 Å². The number of halogens is 2. The van der Waals surface area contributed by atoms with Gasteiger partial charge in [-0.15, -0.1) is 0 Å². The van der Waals surface area contributed by atoms with Crippen molar-refractivity contribution in [1.82, 2.24) is 20.2 Å². The van der Waals surface area contributed by atoms with E-state index in [-0.39, 0.29) is 17.6 Å². The van der Waals surface area contributed by atoms with Crippen molar-refractivity contribution in [2.75, 3.05) is 38.1 Å². The standard InChI is InChI=1S/C29H41F2N5O4/c1-29(2,3)40-19-18-36(16-5-4-9-21-12-11-20-8-6-15-33-26(20)34-21)17-13-23(28(38)39)35-27(37)22-10-7-14-32-24(22)25(30)31/h7,10-12,14,23,25H,4-6,8-9,13,15-19H2,1-3H3,(H,33,34)(H,35,37)(H,38,39)/t23-/m0/s1. The number of aryl methyl sites for hydroxylation is 2. The Labute approximate surface area is 234 Å². The number of alkyl halides is 2. The fourth-order valence-electron chi connectivity index (χ4n) is 4.55. The number of aliphatic carboxylic acids is 1. The second-order valence-corrected chi connectivity index (χ2v) is 11.0. The number of pyridine rings is 2. The van der Waals surface area contributed by atoms with Crippen molar-refractivity contribution >= 4 is 17.7 Å². The third-order valence-corrected chi connectivity index (χ3v) is 6.68. The summed E-state index contributed by atoms with van der Waals surface area (Å²) in [5.74, 6) is -1.13. The Hall–Kier alpha value is -3.18. The molecule has 0 aromatic carbocycles. The molecule has 1 aliphatic heterocycles. The fraction of sp³-hybridized carbons (Fsp3) is 0.586. The summed E-state index contributed by atoms with van der Waals surface area (Å²) in [5.41, 5.74) is 0.998. The van der Waals surface area contributed by atoms with Gasteiger partial charge in [-0.3, -0.25) is 9.78 Å². The monoisotopic (exact) mass is 561 g/mol. The summed E-state index contributed by atoms with van der Waals surface area (Å²) < 4.78 is 32.5. The maximum absolute atomic E-state index is 13.3. The van der Waals surface area contributed by atoms with E-state index in [2.05, 4.69) is 32.7 Å². The van der Waals surface area contributed by atoms with E-state index < -0.39 is 30.0 Å². The highest BCUT2D eigenvalue weighted by molar-refractivity contribution is 5.97. The van der Waals surface area contributed by atoms with Gasteiger partial charge in [0.25, 0.3) is 12.3 Å². The Balaban J connectivity index is 1.56. The molecule has 0 spiro atoms. The summed E-state index contributed by atoms with van der Waals surface area (Å²) in [6.45, 7) is 9.04. The largest absolute Gasteiger partial charge is 0.480 e. The van der Waals surface area contributed by atoms with Crippen molar-refractivity contribution in [2.24, 2.45) is 0 Å². The number of aromatic nitrogens is 2. The molecule has 2 aromatic heterocycles. The van der Waals surface area contributed by atoms with Gasteiger partial charge in [-0.05, 0) is 89.6 Å². The molecule has 220 valence electrons. The number of nitrogens with zero attached hydrogens (tertiary/aromatic N) is 3. The third-order valence-electron chi connectivity index (χ3n) is 6.68. The zero-order chi connectivity index (χ0) is 29.1. The van der Waals surface area contributed by atoms with E-state index in [1.165, 1.54) is 23.9 Å². The van der Waals surface area contributed by atoms with Crippen LogP contribution in [0.1, 0.15) is 80.2 Å². The minimum absolute atomic E-state index is 0.110. The summed E-state index contributed by atoms with van der Waals surface area (Å²) in [6, 6.07) is 5.57. The first-order valence-corrected chi connectivity index (χ1v) is 13.9. The van der Waals surface area contributed by atoms with E-state index in [0.29, 0.717) is 19.7 Å². The van der Waals surface area contributed by atoms with Gasteiger partial charge in [-0.25, -0.2) is 18.6 Å². The number of carbonyl (C=O) groups is 2. The molecule has 3 heterocycles. The molecule has 40 heavy (non-hydrogen) atoms. The first-order valence-electron chi connectivity index (χ1n) is 13.9.